The van der Waals surface area contributed by atoms with Gasteiger partial charge in [-0.3, -0.25) is 0 Å². The van der Waals surface area contributed by atoms with Gasteiger partial charge in [-0.05, 0) is 35.9 Å². The highest BCUT2D eigenvalue weighted by Gasteiger charge is 1.95. The van der Waals surface area contributed by atoms with Crippen LogP contribution in [0.4, 0.5) is 0 Å². The van der Waals surface area contributed by atoms with Gasteiger partial charge in [0.25, 0.3) is 0 Å². The van der Waals surface area contributed by atoms with Gasteiger partial charge < -0.3 is 4.74 Å². The summed E-state index contributed by atoms with van der Waals surface area (Å²) in [6.45, 7) is 0. The minimum atomic E-state index is 0.867. The molecule has 0 aliphatic rings. The van der Waals surface area contributed by atoms with Crippen molar-refractivity contribution in [2.24, 2.45) is 0 Å². The zero-order chi connectivity index (χ0) is 13.8. The van der Waals surface area contributed by atoms with Crippen molar-refractivity contribution in [1.29, 1.82) is 0 Å². The number of benzene rings is 2. The highest BCUT2D eigenvalue weighted by atomic mass is 16.5. The second-order valence-electron chi connectivity index (χ2n) is 4.54. The molecule has 3 rings (SSSR count). The molecule has 98 valence electrons. The fourth-order valence-corrected chi connectivity index (χ4v) is 2.07. The van der Waals surface area contributed by atoms with Crippen LogP contribution in [0.5, 0.6) is 5.75 Å². The van der Waals surface area contributed by atoms with Crippen LogP contribution in [0, 0.1) is 0 Å². The Morgan fingerprint density at radius 3 is 2.45 bits per heavy atom. The monoisotopic (exact) mass is 261 g/mol. The molecule has 0 unspecified atom stereocenters. The molecule has 0 saturated carbocycles. The third-order valence-electron chi connectivity index (χ3n) is 3.18. The van der Waals surface area contributed by atoms with Crippen LogP contribution in [0.15, 0.2) is 60.7 Å². The molecule has 2 aromatic carbocycles. The summed E-state index contributed by atoms with van der Waals surface area (Å²) < 4.78 is 5.14. The Morgan fingerprint density at radius 1 is 0.850 bits per heavy atom. The lowest BCUT2D eigenvalue weighted by atomic mass is 10.1. The van der Waals surface area contributed by atoms with Gasteiger partial charge in [-0.15, -0.1) is 0 Å². The van der Waals surface area contributed by atoms with Gasteiger partial charge in [0.15, 0.2) is 0 Å². The summed E-state index contributed by atoms with van der Waals surface area (Å²) >= 11 is 0. The van der Waals surface area contributed by atoms with E-state index in [1.807, 2.05) is 54.6 Å². The molecule has 0 saturated heterocycles. The average molecular weight is 261 g/mol. The Morgan fingerprint density at radius 2 is 1.65 bits per heavy atom. The zero-order valence-electron chi connectivity index (χ0n) is 11.3. The number of methoxy groups -OCH3 is 1. The molecular weight excluding hydrogens is 246 g/mol. The molecule has 0 spiro atoms. The van der Waals surface area contributed by atoms with E-state index in [0.29, 0.717) is 0 Å². The molecule has 0 amide bonds. The zero-order valence-corrected chi connectivity index (χ0v) is 11.3. The molecule has 2 nitrogen and oxygen atoms in total. The lowest BCUT2D eigenvalue weighted by Gasteiger charge is -2.00. The van der Waals surface area contributed by atoms with Crippen LogP contribution in [0.3, 0.4) is 0 Å². The van der Waals surface area contributed by atoms with E-state index in [1.54, 1.807) is 7.11 Å². The molecule has 0 aliphatic heterocycles. The summed E-state index contributed by atoms with van der Waals surface area (Å²) in [7, 11) is 1.67. The van der Waals surface area contributed by atoms with Crippen LogP contribution in [-0.2, 0) is 0 Å². The summed E-state index contributed by atoms with van der Waals surface area (Å²) in [4.78, 5) is 4.61. The van der Waals surface area contributed by atoms with Gasteiger partial charge in [0.1, 0.15) is 5.75 Å². The minimum Gasteiger partial charge on any atom is -0.497 e. The Labute approximate surface area is 118 Å². The Hall–Kier alpha value is -2.61. The predicted molar refractivity (Wildman–Crippen MR) is 83.7 cm³/mol. The molecule has 0 radical (unpaired) electrons. The highest BCUT2D eigenvalue weighted by Crippen LogP contribution is 2.15. The number of rotatable bonds is 3. The lowest BCUT2D eigenvalue weighted by molar-refractivity contribution is 0.415. The van der Waals surface area contributed by atoms with E-state index in [0.717, 1.165) is 27.9 Å². The smallest absolute Gasteiger partial charge is 0.118 e. The third kappa shape index (κ3) is 2.69. The second-order valence-corrected chi connectivity index (χ2v) is 4.54. The van der Waals surface area contributed by atoms with Crippen LogP contribution >= 0.6 is 0 Å². The molecule has 0 fully saturated rings. The maximum atomic E-state index is 5.14. The summed E-state index contributed by atoms with van der Waals surface area (Å²) in [5.74, 6) is 0.867. The normalized spacial score (nSPS) is 11.1. The fraction of sp³-hybridized carbons (Fsp3) is 0.0556. The largest absolute Gasteiger partial charge is 0.497 e. The summed E-state index contributed by atoms with van der Waals surface area (Å²) in [5.41, 5.74) is 3.10. The molecule has 0 atom stereocenters. The number of fused-ring (bicyclic) bond motifs is 1. The fourth-order valence-electron chi connectivity index (χ4n) is 2.07. The highest BCUT2D eigenvalue weighted by molar-refractivity contribution is 5.80. The van der Waals surface area contributed by atoms with Gasteiger partial charge in [0, 0.05) is 5.39 Å². The molecular formula is C18H15NO. The van der Waals surface area contributed by atoms with Gasteiger partial charge in [-0.1, -0.05) is 42.5 Å². The first-order valence-corrected chi connectivity index (χ1v) is 6.53. The number of para-hydroxylation sites is 1. The SMILES string of the molecule is COc1ccc(/C=C/c2ccc3ccccc3n2)cc1. The Bertz CT molecular complexity index is 745. The maximum Gasteiger partial charge on any atom is 0.118 e. The molecule has 0 bridgehead atoms. The maximum absolute atomic E-state index is 5.14. The molecule has 3 aromatic rings. The first-order chi connectivity index (χ1) is 9.85. The molecule has 20 heavy (non-hydrogen) atoms. The molecule has 1 aromatic heterocycles. The lowest BCUT2D eigenvalue weighted by Crippen LogP contribution is -1.83. The Balaban J connectivity index is 1.85. The first-order valence-electron chi connectivity index (χ1n) is 6.53. The van der Waals surface area contributed by atoms with Gasteiger partial charge in [0.2, 0.25) is 0 Å². The summed E-state index contributed by atoms with van der Waals surface area (Å²) in [6.07, 6.45) is 4.07. The second kappa shape index (κ2) is 5.57. The van der Waals surface area contributed by atoms with Crippen molar-refractivity contribution in [3.05, 3.63) is 71.9 Å². The van der Waals surface area contributed by atoms with Gasteiger partial charge in [0.05, 0.1) is 18.3 Å². The summed E-state index contributed by atoms with van der Waals surface area (Å²) in [5, 5.41) is 1.16. The van der Waals surface area contributed by atoms with Gasteiger partial charge in [-0.2, -0.15) is 0 Å². The van der Waals surface area contributed by atoms with E-state index >= 15 is 0 Å². The number of ether oxygens (including phenoxy) is 1. The molecule has 2 heteroatoms. The van der Waals surface area contributed by atoms with Crippen molar-refractivity contribution >= 4 is 23.1 Å². The topological polar surface area (TPSA) is 22.1 Å². The number of hydrogen-bond donors (Lipinski definition) is 0. The minimum absolute atomic E-state index is 0.867. The van der Waals surface area contributed by atoms with E-state index in [9.17, 15) is 0 Å². The van der Waals surface area contributed by atoms with E-state index in [-0.39, 0.29) is 0 Å². The van der Waals surface area contributed by atoms with Crippen LogP contribution in [0.1, 0.15) is 11.3 Å². The molecule has 1 heterocycles. The van der Waals surface area contributed by atoms with Crippen molar-refractivity contribution in [1.82, 2.24) is 4.98 Å². The quantitative estimate of drug-likeness (QED) is 0.696. The summed E-state index contributed by atoms with van der Waals surface area (Å²) in [6, 6.07) is 20.2. The van der Waals surface area contributed by atoms with E-state index in [4.69, 9.17) is 4.74 Å². The first kappa shape index (κ1) is 12.4. The molecule has 0 aliphatic carbocycles. The number of nitrogens with zero attached hydrogens (tertiary/aromatic N) is 1. The van der Waals surface area contributed by atoms with Crippen molar-refractivity contribution < 1.29 is 4.74 Å². The van der Waals surface area contributed by atoms with Crippen LogP contribution in [0.25, 0.3) is 23.1 Å². The van der Waals surface area contributed by atoms with E-state index in [1.165, 1.54) is 0 Å². The van der Waals surface area contributed by atoms with Crippen LogP contribution in [-0.4, -0.2) is 12.1 Å². The van der Waals surface area contributed by atoms with Gasteiger partial charge in [-0.25, -0.2) is 4.98 Å². The van der Waals surface area contributed by atoms with Gasteiger partial charge >= 0.3 is 0 Å². The van der Waals surface area contributed by atoms with Crippen molar-refractivity contribution in [3.8, 4) is 5.75 Å². The van der Waals surface area contributed by atoms with Crippen molar-refractivity contribution in [2.45, 2.75) is 0 Å². The number of pyridine rings is 1. The van der Waals surface area contributed by atoms with Crippen molar-refractivity contribution in [3.63, 3.8) is 0 Å². The standard InChI is InChI=1S/C18H15NO/c1-20-17-12-7-14(8-13-17)6-10-16-11-9-15-4-2-3-5-18(15)19-16/h2-13H,1H3/b10-6+. The number of aromatic nitrogens is 1. The average Bonchev–Trinajstić information content (AvgIpc) is 2.53. The third-order valence-corrected chi connectivity index (χ3v) is 3.18. The molecule has 0 N–H and O–H groups in total. The Kier molecular flexibility index (Phi) is 3.46. The van der Waals surface area contributed by atoms with Crippen LogP contribution < -0.4 is 4.74 Å². The predicted octanol–water partition coefficient (Wildman–Crippen LogP) is 4.41. The number of hydrogen-bond acceptors (Lipinski definition) is 2. The van der Waals surface area contributed by atoms with Crippen LogP contribution in [0.2, 0.25) is 0 Å². The van der Waals surface area contributed by atoms with Crippen molar-refractivity contribution in [2.75, 3.05) is 7.11 Å². The van der Waals surface area contributed by atoms with E-state index in [2.05, 4.69) is 23.2 Å². The van der Waals surface area contributed by atoms with E-state index < -0.39 is 0 Å².